The first-order valence-electron chi connectivity index (χ1n) is 3.28. The van der Waals surface area contributed by atoms with Gasteiger partial charge in [-0.2, -0.15) is 0 Å². The topological polar surface area (TPSA) is 58.6 Å². The van der Waals surface area contributed by atoms with E-state index in [0.29, 0.717) is 6.42 Å². The molecule has 0 unspecified atom stereocenters. The van der Waals surface area contributed by atoms with Gasteiger partial charge in [0.25, 0.3) is 0 Å². The number of aliphatic hydroxyl groups excluding tert-OH is 1. The van der Waals surface area contributed by atoms with E-state index in [4.69, 9.17) is 9.84 Å². The highest BCUT2D eigenvalue weighted by Crippen LogP contribution is 2.07. The summed E-state index contributed by atoms with van der Waals surface area (Å²) in [4.78, 5) is 10.3. The zero-order valence-electron chi connectivity index (χ0n) is 5.83. The maximum absolute atomic E-state index is 10.3. The van der Waals surface area contributed by atoms with Crippen molar-refractivity contribution in [3.63, 3.8) is 0 Å². The third kappa shape index (κ3) is 1.68. The Balaban J connectivity index is 2.10. The Hall–Kier alpha value is -0.610. The van der Waals surface area contributed by atoms with E-state index < -0.39 is 0 Å². The van der Waals surface area contributed by atoms with Crippen LogP contribution in [0, 0.1) is 0 Å². The molecule has 1 amide bonds. The van der Waals surface area contributed by atoms with Crippen molar-refractivity contribution in [2.75, 3.05) is 6.61 Å². The lowest BCUT2D eigenvalue weighted by Gasteiger charge is -2.28. The van der Waals surface area contributed by atoms with Gasteiger partial charge >= 0.3 is 0 Å². The molecule has 0 aromatic heterocycles. The molecule has 1 saturated heterocycles. The average molecular weight is 145 g/mol. The van der Waals surface area contributed by atoms with E-state index >= 15 is 0 Å². The third-order valence-electron chi connectivity index (χ3n) is 1.35. The van der Waals surface area contributed by atoms with E-state index in [0.717, 1.165) is 0 Å². The summed E-state index contributed by atoms with van der Waals surface area (Å²) in [6.45, 7) is 1.75. The SMILES string of the molecule is C[C@@H](CO)O[C@H]1CC(=O)N1. The molecule has 1 fully saturated rings. The van der Waals surface area contributed by atoms with E-state index in [9.17, 15) is 4.79 Å². The minimum atomic E-state index is -0.189. The fourth-order valence-electron chi connectivity index (χ4n) is 0.732. The van der Waals surface area contributed by atoms with Crippen LogP contribution >= 0.6 is 0 Å². The van der Waals surface area contributed by atoms with Gasteiger partial charge in [-0.15, -0.1) is 0 Å². The molecule has 2 N–H and O–H groups in total. The number of rotatable bonds is 3. The number of β-lactam (4-membered cyclic amide) rings is 1. The van der Waals surface area contributed by atoms with Crippen LogP contribution in [0.25, 0.3) is 0 Å². The van der Waals surface area contributed by atoms with Crippen molar-refractivity contribution in [2.45, 2.75) is 25.7 Å². The van der Waals surface area contributed by atoms with Crippen molar-refractivity contribution < 1.29 is 14.6 Å². The minimum Gasteiger partial charge on any atom is -0.394 e. The molecule has 4 nitrogen and oxygen atoms in total. The molecule has 0 aromatic carbocycles. The van der Waals surface area contributed by atoms with Crippen LogP contribution in [-0.2, 0) is 9.53 Å². The molecule has 1 aliphatic heterocycles. The Morgan fingerprint density at radius 1 is 2.00 bits per heavy atom. The number of ether oxygens (including phenoxy) is 1. The molecule has 0 aliphatic carbocycles. The van der Waals surface area contributed by atoms with Gasteiger partial charge in [-0.3, -0.25) is 4.79 Å². The van der Waals surface area contributed by atoms with Crippen molar-refractivity contribution >= 4 is 5.91 Å². The molecule has 4 heteroatoms. The molecule has 58 valence electrons. The predicted molar refractivity (Wildman–Crippen MR) is 34.2 cm³/mol. The Morgan fingerprint density at radius 3 is 3.00 bits per heavy atom. The normalized spacial score (nSPS) is 27.0. The number of aliphatic hydroxyl groups is 1. The molecule has 0 saturated carbocycles. The quantitative estimate of drug-likeness (QED) is 0.513. The zero-order valence-corrected chi connectivity index (χ0v) is 5.83. The summed E-state index contributed by atoms with van der Waals surface area (Å²) in [5.41, 5.74) is 0. The molecule has 1 aliphatic rings. The van der Waals surface area contributed by atoms with E-state index in [1.165, 1.54) is 0 Å². The van der Waals surface area contributed by atoms with Gasteiger partial charge in [0.2, 0.25) is 5.91 Å². The number of hydrogen-bond donors (Lipinski definition) is 2. The average Bonchev–Trinajstić information content (AvgIpc) is 1.84. The molecular weight excluding hydrogens is 134 g/mol. The number of amides is 1. The molecule has 0 spiro atoms. The van der Waals surface area contributed by atoms with Crippen molar-refractivity contribution in [1.29, 1.82) is 0 Å². The van der Waals surface area contributed by atoms with Crippen molar-refractivity contribution in [1.82, 2.24) is 5.32 Å². The fraction of sp³-hybridized carbons (Fsp3) is 0.833. The van der Waals surface area contributed by atoms with Crippen LogP contribution in [0.15, 0.2) is 0 Å². The Kier molecular flexibility index (Phi) is 2.24. The molecule has 2 atom stereocenters. The lowest BCUT2D eigenvalue weighted by molar-refractivity contribution is -0.146. The first kappa shape index (κ1) is 7.50. The van der Waals surface area contributed by atoms with E-state index in [1.807, 2.05) is 0 Å². The molecule has 1 rings (SSSR count). The predicted octanol–water partition coefficient (Wildman–Crippen LogP) is -0.770. The summed E-state index contributed by atoms with van der Waals surface area (Å²) in [6, 6.07) is 0. The molecule has 0 radical (unpaired) electrons. The Labute approximate surface area is 59.2 Å². The van der Waals surface area contributed by atoms with Crippen molar-refractivity contribution in [3.8, 4) is 0 Å². The van der Waals surface area contributed by atoms with Gasteiger partial charge in [-0.25, -0.2) is 0 Å². The van der Waals surface area contributed by atoms with Gasteiger partial charge < -0.3 is 15.2 Å². The van der Waals surface area contributed by atoms with Gasteiger partial charge in [0.15, 0.2) is 0 Å². The first-order chi connectivity index (χ1) is 4.72. The monoisotopic (exact) mass is 145 g/mol. The Bertz CT molecular complexity index is 129. The lowest BCUT2D eigenvalue weighted by Crippen LogP contribution is -2.51. The largest absolute Gasteiger partial charge is 0.394 e. The second-order valence-electron chi connectivity index (χ2n) is 2.39. The lowest BCUT2D eigenvalue weighted by atomic mass is 10.2. The van der Waals surface area contributed by atoms with Crippen molar-refractivity contribution in [2.24, 2.45) is 0 Å². The van der Waals surface area contributed by atoms with Crippen LogP contribution in [-0.4, -0.2) is 30.0 Å². The second kappa shape index (κ2) is 2.98. The smallest absolute Gasteiger partial charge is 0.226 e. The standard InChI is InChI=1S/C6H11NO3/c1-4(3-8)10-6-2-5(9)7-6/h4,6,8H,2-3H2,1H3,(H,7,9)/t4-,6-/m0/s1. The van der Waals surface area contributed by atoms with Crippen LogP contribution in [0.4, 0.5) is 0 Å². The summed E-state index contributed by atoms with van der Waals surface area (Å²) in [6.07, 6.45) is 0.0601. The summed E-state index contributed by atoms with van der Waals surface area (Å²) in [5, 5.41) is 11.1. The van der Waals surface area contributed by atoms with E-state index in [2.05, 4.69) is 5.32 Å². The number of nitrogens with one attached hydrogen (secondary N) is 1. The highest BCUT2D eigenvalue weighted by atomic mass is 16.5. The first-order valence-corrected chi connectivity index (χ1v) is 3.28. The third-order valence-corrected chi connectivity index (χ3v) is 1.35. The number of carbonyl (C=O) groups is 1. The van der Waals surface area contributed by atoms with E-state index in [-0.39, 0.29) is 24.8 Å². The molecule has 0 bridgehead atoms. The van der Waals surface area contributed by atoms with Gasteiger partial charge in [0.05, 0.1) is 19.1 Å². The van der Waals surface area contributed by atoms with Crippen LogP contribution in [0.1, 0.15) is 13.3 Å². The summed E-state index contributed by atoms with van der Waals surface area (Å²) in [7, 11) is 0. The highest BCUT2D eigenvalue weighted by Gasteiger charge is 2.26. The maximum Gasteiger partial charge on any atom is 0.226 e. The molecule has 0 aromatic rings. The maximum atomic E-state index is 10.3. The minimum absolute atomic E-state index is 0.00757. The van der Waals surface area contributed by atoms with Crippen LogP contribution in [0.5, 0.6) is 0 Å². The van der Waals surface area contributed by atoms with Gasteiger partial charge in [0, 0.05) is 0 Å². The van der Waals surface area contributed by atoms with Crippen LogP contribution < -0.4 is 5.32 Å². The summed E-state index contributed by atoms with van der Waals surface area (Å²) < 4.78 is 5.12. The highest BCUT2D eigenvalue weighted by molar-refractivity contribution is 5.82. The van der Waals surface area contributed by atoms with Crippen molar-refractivity contribution in [3.05, 3.63) is 0 Å². The van der Waals surface area contributed by atoms with E-state index in [1.54, 1.807) is 6.92 Å². The zero-order chi connectivity index (χ0) is 7.56. The summed E-state index contributed by atoms with van der Waals surface area (Å²) >= 11 is 0. The van der Waals surface area contributed by atoms with Gasteiger partial charge in [-0.05, 0) is 6.92 Å². The fourth-order valence-corrected chi connectivity index (χ4v) is 0.732. The molecular formula is C6H11NO3. The van der Waals surface area contributed by atoms with Crippen LogP contribution in [0.2, 0.25) is 0 Å². The molecule has 10 heavy (non-hydrogen) atoms. The Morgan fingerprint density at radius 2 is 2.60 bits per heavy atom. The summed E-state index contributed by atoms with van der Waals surface area (Å²) in [5.74, 6) is 0.00939. The molecule has 1 heterocycles. The number of carbonyl (C=O) groups excluding carboxylic acids is 1. The van der Waals surface area contributed by atoms with Gasteiger partial charge in [0.1, 0.15) is 6.23 Å². The van der Waals surface area contributed by atoms with Crippen LogP contribution in [0.3, 0.4) is 0 Å². The number of hydrogen-bond acceptors (Lipinski definition) is 3. The second-order valence-corrected chi connectivity index (χ2v) is 2.39. The van der Waals surface area contributed by atoms with Gasteiger partial charge in [-0.1, -0.05) is 0 Å².